The molecule has 0 saturated heterocycles. The summed E-state index contributed by atoms with van der Waals surface area (Å²) < 4.78 is 12.1. The number of phenolic OH excluding ortho intramolecular Hbond substituents is 1. The molecule has 0 spiro atoms. The Morgan fingerprint density at radius 2 is 1.79 bits per heavy atom. The molecule has 0 unspecified atom stereocenters. The van der Waals surface area contributed by atoms with Gasteiger partial charge >= 0.3 is 6.09 Å². The van der Waals surface area contributed by atoms with Crippen molar-refractivity contribution in [1.82, 2.24) is 5.48 Å². The van der Waals surface area contributed by atoms with E-state index in [1.165, 1.54) is 23.7 Å². The Kier molecular flexibility index (Phi) is 8.66. The molecule has 2 rings (SSSR count). The number of anilines is 1. The lowest BCUT2D eigenvalue weighted by molar-refractivity contribution is -0.124. The third-order valence-corrected chi connectivity index (χ3v) is 4.28. The van der Waals surface area contributed by atoms with Gasteiger partial charge in [0, 0.05) is 22.8 Å². The van der Waals surface area contributed by atoms with E-state index in [4.69, 9.17) is 14.7 Å². The van der Waals surface area contributed by atoms with E-state index in [1.807, 2.05) is 0 Å². The van der Waals surface area contributed by atoms with Gasteiger partial charge < -0.3 is 14.6 Å². The zero-order valence-corrected chi connectivity index (χ0v) is 17.1. The summed E-state index contributed by atoms with van der Waals surface area (Å²) in [7, 11) is 0. The normalized spacial score (nSPS) is 12.9. The first-order valence-electron chi connectivity index (χ1n) is 8.69. The Balaban J connectivity index is 2.25. The number of nitrogens with one attached hydrogen (secondary N) is 2. The number of phenols is 1. The second-order valence-corrected chi connectivity index (χ2v) is 6.72. The molecular formula is C20H21BrN2O6. The van der Waals surface area contributed by atoms with Gasteiger partial charge in [0.2, 0.25) is 0 Å². The van der Waals surface area contributed by atoms with Crippen LogP contribution < -0.4 is 10.8 Å². The summed E-state index contributed by atoms with van der Waals surface area (Å²) in [5, 5.41) is 20.8. The number of benzene rings is 2. The molecule has 0 fully saturated rings. The van der Waals surface area contributed by atoms with Crippen molar-refractivity contribution in [3.63, 3.8) is 0 Å². The highest BCUT2D eigenvalue weighted by atomic mass is 79.9. The summed E-state index contributed by atoms with van der Waals surface area (Å²) in [4.78, 5) is 23.8. The fraction of sp³-hybridized carbons (Fsp3) is 0.200. The molecule has 0 bridgehead atoms. The minimum Gasteiger partial charge on any atom is -0.508 e. The average Bonchev–Trinajstić information content (AvgIpc) is 2.71. The van der Waals surface area contributed by atoms with Crippen molar-refractivity contribution >= 4 is 33.6 Å². The molecule has 154 valence electrons. The molecule has 0 aliphatic carbocycles. The van der Waals surface area contributed by atoms with Crippen LogP contribution in [0.4, 0.5) is 10.5 Å². The van der Waals surface area contributed by atoms with Crippen LogP contribution in [0.5, 0.6) is 5.75 Å². The number of carbonyl (C=O) groups is 2. The number of halogens is 1. The van der Waals surface area contributed by atoms with Crippen LogP contribution in [0.15, 0.2) is 65.2 Å². The van der Waals surface area contributed by atoms with Crippen molar-refractivity contribution in [2.45, 2.75) is 19.1 Å². The first-order chi connectivity index (χ1) is 13.9. The second kappa shape index (κ2) is 11.2. The van der Waals surface area contributed by atoms with Crippen LogP contribution in [0.25, 0.3) is 0 Å². The van der Waals surface area contributed by atoms with E-state index in [9.17, 15) is 14.7 Å². The average molecular weight is 465 g/mol. The molecule has 0 radical (unpaired) electrons. The lowest BCUT2D eigenvalue weighted by Crippen LogP contribution is -2.28. The van der Waals surface area contributed by atoms with Crippen molar-refractivity contribution in [1.29, 1.82) is 0 Å². The summed E-state index contributed by atoms with van der Waals surface area (Å²) in [5.74, 6) is -0.701. The quantitative estimate of drug-likeness (QED) is 0.267. The van der Waals surface area contributed by atoms with Gasteiger partial charge in [-0.2, -0.15) is 0 Å². The number of ether oxygens (including phenoxy) is 2. The SMILES string of the molecule is CCO[C@@H](/C=C/C(=O)NO)[C@@H](OC(=O)Nc1ccc(Br)cc1)c1ccc(O)cc1. The zero-order chi connectivity index (χ0) is 21.2. The Labute approximate surface area is 176 Å². The molecule has 2 atom stereocenters. The van der Waals surface area contributed by atoms with Crippen LogP contribution in [0, 0.1) is 0 Å². The van der Waals surface area contributed by atoms with Crippen molar-refractivity contribution in [3.05, 3.63) is 70.7 Å². The molecule has 0 heterocycles. The molecule has 29 heavy (non-hydrogen) atoms. The Hall–Kier alpha value is -2.88. The minimum absolute atomic E-state index is 0.0509. The van der Waals surface area contributed by atoms with E-state index < -0.39 is 24.2 Å². The number of hydrogen-bond donors (Lipinski definition) is 4. The van der Waals surface area contributed by atoms with Gasteiger partial charge in [-0.05, 0) is 55.0 Å². The summed E-state index contributed by atoms with van der Waals surface area (Å²) in [6.45, 7) is 2.03. The molecule has 2 aromatic rings. The molecule has 2 aromatic carbocycles. The fourth-order valence-electron chi connectivity index (χ4n) is 2.44. The summed E-state index contributed by atoms with van der Waals surface area (Å²) in [6.07, 6.45) is -0.0233. The van der Waals surface area contributed by atoms with Crippen molar-refractivity contribution in [3.8, 4) is 5.75 Å². The Bertz CT molecular complexity index is 839. The number of amides is 2. The molecule has 8 nitrogen and oxygen atoms in total. The van der Waals surface area contributed by atoms with Gasteiger partial charge in [-0.3, -0.25) is 15.3 Å². The highest BCUT2D eigenvalue weighted by molar-refractivity contribution is 9.10. The van der Waals surface area contributed by atoms with E-state index in [0.29, 0.717) is 11.3 Å². The lowest BCUT2D eigenvalue weighted by Gasteiger charge is -2.25. The number of hydroxylamine groups is 1. The van der Waals surface area contributed by atoms with Gasteiger partial charge in [0.1, 0.15) is 11.9 Å². The number of rotatable bonds is 8. The number of hydrogen-bond acceptors (Lipinski definition) is 6. The van der Waals surface area contributed by atoms with Gasteiger partial charge in [-0.25, -0.2) is 10.3 Å². The number of aromatic hydroxyl groups is 1. The van der Waals surface area contributed by atoms with Gasteiger partial charge in [0.15, 0.2) is 6.10 Å². The molecule has 0 aromatic heterocycles. The lowest BCUT2D eigenvalue weighted by atomic mass is 10.0. The predicted octanol–water partition coefficient (Wildman–Crippen LogP) is 3.91. The van der Waals surface area contributed by atoms with Crippen LogP contribution in [0.2, 0.25) is 0 Å². The molecule has 4 N–H and O–H groups in total. The maximum absolute atomic E-state index is 12.5. The predicted molar refractivity (Wildman–Crippen MR) is 110 cm³/mol. The maximum atomic E-state index is 12.5. The van der Waals surface area contributed by atoms with E-state index in [-0.39, 0.29) is 12.4 Å². The summed E-state index contributed by atoms with van der Waals surface area (Å²) >= 11 is 3.32. The first-order valence-corrected chi connectivity index (χ1v) is 9.48. The molecule has 2 amide bonds. The van der Waals surface area contributed by atoms with Gasteiger partial charge in [-0.15, -0.1) is 0 Å². The van der Waals surface area contributed by atoms with E-state index in [1.54, 1.807) is 43.3 Å². The van der Waals surface area contributed by atoms with Crippen LogP contribution in [0.1, 0.15) is 18.6 Å². The minimum atomic E-state index is -0.922. The van der Waals surface area contributed by atoms with Crippen LogP contribution in [-0.4, -0.2) is 35.0 Å². The summed E-state index contributed by atoms with van der Waals surface area (Å²) in [6, 6.07) is 13.0. The zero-order valence-electron chi connectivity index (χ0n) is 15.5. The van der Waals surface area contributed by atoms with E-state index in [0.717, 1.165) is 10.5 Å². The molecule has 9 heteroatoms. The largest absolute Gasteiger partial charge is 0.508 e. The van der Waals surface area contributed by atoms with Crippen molar-refractivity contribution < 1.29 is 29.4 Å². The molecule has 0 aliphatic rings. The Morgan fingerprint density at radius 1 is 1.14 bits per heavy atom. The van der Waals surface area contributed by atoms with Crippen LogP contribution in [-0.2, 0) is 14.3 Å². The second-order valence-electron chi connectivity index (χ2n) is 5.80. The standard InChI is InChI=1S/C20H21BrN2O6/c1-2-28-17(11-12-18(25)23-27)19(13-3-9-16(24)10-4-13)29-20(26)22-15-7-5-14(21)6-8-15/h3-12,17,19,24,27H,2H2,1H3,(H,22,26)(H,23,25)/b12-11+/t17-,19-/m0/s1. The van der Waals surface area contributed by atoms with E-state index in [2.05, 4.69) is 21.2 Å². The van der Waals surface area contributed by atoms with Crippen molar-refractivity contribution in [2.24, 2.45) is 0 Å². The van der Waals surface area contributed by atoms with E-state index >= 15 is 0 Å². The third-order valence-electron chi connectivity index (χ3n) is 3.75. The fourth-order valence-corrected chi connectivity index (χ4v) is 2.70. The van der Waals surface area contributed by atoms with Gasteiger partial charge in [-0.1, -0.05) is 28.1 Å². The van der Waals surface area contributed by atoms with Gasteiger partial charge in [0.25, 0.3) is 5.91 Å². The summed E-state index contributed by atoms with van der Waals surface area (Å²) in [5.41, 5.74) is 2.56. The van der Waals surface area contributed by atoms with Crippen molar-refractivity contribution in [2.75, 3.05) is 11.9 Å². The highest BCUT2D eigenvalue weighted by Gasteiger charge is 2.26. The first kappa shape index (κ1) is 22.4. The topological polar surface area (TPSA) is 117 Å². The third kappa shape index (κ3) is 7.22. The highest BCUT2D eigenvalue weighted by Crippen LogP contribution is 2.27. The molecule has 0 aliphatic heterocycles. The molecular weight excluding hydrogens is 444 g/mol. The van der Waals surface area contributed by atoms with Crippen LogP contribution >= 0.6 is 15.9 Å². The molecule has 0 saturated carbocycles. The van der Waals surface area contributed by atoms with Gasteiger partial charge in [0.05, 0.1) is 0 Å². The number of carbonyl (C=O) groups excluding carboxylic acids is 2. The maximum Gasteiger partial charge on any atom is 0.412 e. The Morgan fingerprint density at radius 3 is 2.38 bits per heavy atom. The smallest absolute Gasteiger partial charge is 0.412 e. The monoisotopic (exact) mass is 464 g/mol. The van der Waals surface area contributed by atoms with Crippen LogP contribution in [0.3, 0.4) is 0 Å².